The molecule has 0 saturated carbocycles. The fourth-order valence-corrected chi connectivity index (χ4v) is 4.72. The van der Waals surface area contributed by atoms with Crippen LogP contribution in [-0.4, -0.2) is 61.3 Å². The van der Waals surface area contributed by atoms with Crippen molar-refractivity contribution >= 4 is 54.0 Å². The number of carbonyl (C=O) groups excluding carboxylic acids is 1. The van der Waals surface area contributed by atoms with E-state index in [0.717, 1.165) is 65.2 Å². The van der Waals surface area contributed by atoms with Crippen LogP contribution in [0.25, 0.3) is 17.7 Å². The van der Waals surface area contributed by atoms with Gasteiger partial charge in [-0.15, -0.1) is 11.8 Å². The van der Waals surface area contributed by atoms with Crippen LogP contribution < -0.4 is 10.4 Å². The Morgan fingerprint density at radius 1 is 1.24 bits per heavy atom. The van der Waals surface area contributed by atoms with Gasteiger partial charge in [-0.3, -0.25) is 9.78 Å². The van der Waals surface area contributed by atoms with Gasteiger partial charge in [0, 0.05) is 55.1 Å². The first-order chi connectivity index (χ1) is 18.1. The van der Waals surface area contributed by atoms with Gasteiger partial charge in [0.25, 0.3) is 0 Å². The van der Waals surface area contributed by atoms with Crippen LogP contribution >= 0.6 is 11.8 Å². The molecule has 1 fully saturated rings. The van der Waals surface area contributed by atoms with Crippen molar-refractivity contribution in [2.24, 2.45) is 4.99 Å². The van der Waals surface area contributed by atoms with Crippen LogP contribution in [0, 0.1) is 5.41 Å². The summed E-state index contributed by atoms with van der Waals surface area (Å²) in [7, 11) is 2.03. The summed E-state index contributed by atoms with van der Waals surface area (Å²) in [4.78, 5) is 23.6. The van der Waals surface area contributed by atoms with E-state index in [1.807, 2.05) is 81.5 Å². The number of carbonyl (C=O) groups is 1. The normalized spacial score (nSPS) is 16.2. The van der Waals surface area contributed by atoms with Gasteiger partial charge < -0.3 is 15.0 Å². The first-order valence-corrected chi connectivity index (χ1v) is 13.8. The average Bonchev–Trinajstić information content (AvgIpc) is 2.94. The number of rotatable bonds is 10. The van der Waals surface area contributed by atoms with Gasteiger partial charge in [-0.25, -0.2) is 4.99 Å². The number of benzene rings is 1. The quantitative estimate of drug-likeness (QED) is 0.213. The Morgan fingerprint density at radius 2 is 2.00 bits per heavy atom. The lowest BCUT2D eigenvalue weighted by molar-refractivity contribution is 0.0616. The van der Waals surface area contributed by atoms with Crippen molar-refractivity contribution < 1.29 is 9.53 Å². The third kappa shape index (κ3) is 7.37. The largest absolute Gasteiger partial charge is 0.381 e. The fourth-order valence-electron chi connectivity index (χ4n) is 4.49. The number of hydrogen-bond donors (Lipinski definition) is 1. The molecule has 37 heavy (non-hydrogen) atoms. The molecule has 0 atom stereocenters. The summed E-state index contributed by atoms with van der Waals surface area (Å²) in [6.07, 6.45) is 18.4. The van der Waals surface area contributed by atoms with Gasteiger partial charge >= 0.3 is 0 Å². The molecule has 0 bridgehead atoms. The Kier molecular flexibility index (Phi) is 11.0. The minimum atomic E-state index is 0.391. The van der Waals surface area contributed by atoms with Crippen LogP contribution in [0.5, 0.6) is 0 Å². The molecule has 1 aromatic heterocycles. The van der Waals surface area contributed by atoms with Crippen molar-refractivity contribution in [1.29, 1.82) is 5.41 Å². The van der Waals surface area contributed by atoms with Crippen molar-refractivity contribution in [2.75, 3.05) is 26.5 Å². The minimum Gasteiger partial charge on any atom is -0.381 e. The second-order valence-corrected chi connectivity index (χ2v) is 9.55. The van der Waals surface area contributed by atoms with E-state index in [2.05, 4.69) is 16.0 Å². The van der Waals surface area contributed by atoms with E-state index in [1.54, 1.807) is 11.8 Å². The van der Waals surface area contributed by atoms with Gasteiger partial charge in [0.1, 0.15) is 0 Å². The maximum absolute atomic E-state index is 12.1. The highest BCUT2D eigenvalue weighted by Gasteiger charge is 2.17. The summed E-state index contributed by atoms with van der Waals surface area (Å²) in [5.74, 6) is 0. The molecule has 1 aliphatic rings. The predicted octanol–water partition coefficient (Wildman–Crippen LogP) is 4.77. The molecule has 0 aliphatic carbocycles. The van der Waals surface area contributed by atoms with Gasteiger partial charge in [0.2, 0.25) is 0 Å². The van der Waals surface area contributed by atoms with E-state index < -0.39 is 0 Å². The van der Waals surface area contributed by atoms with Crippen molar-refractivity contribution in [1.82, 2.24) is 9.88 Å². The lowest BCUT2D eigenvalue weighted by Crippen LogP contribution is -2.36. The molecule has 194 valence electrons. The molecular formula is C30H36N4O2S. The third-order valence-electron chi connectivity index (χ3n) is 6.50. The van der Waals surface area contributed by atoms with Gasteiger partial charge in [-0.2, -0.15) is 0 Å². The topological polar surface area (TPSA) is 78.6 Å². The number of aliphatic imine (C=N–C) groups is 1. The second kappa shape index (κ2) is 14.4. The highest BCUT2D eigenvalue weighted by molar-refractivity contribution is 8.01. The van der Waals surface area contributed by atoms with Gasteiger partial charge in [0.15, 0.2) is 6.29 Å². The van der Waals surface area contributed by atoms with E-state index in [-0.39, 0.29) is 0 Å². The minimum absolute atomic E-state index is 0.391. The van der Waals surface area contributed by atoms with Crippen molar-refractivity contribution in [2.45, 2.75) is 39.2 Å². The third-order valence-corrected chi connectivity index (χ3v) is 6.92. The monoisotopic (exact) mass is 516 g/mol. The number of ether oxygens (including phenoxy) is 1. The zero-order valence-corrected chi connectivity index (χ0v) is 22.9. The molecule has 3 rings (SSSR count). The van der Waals surface area contributed by atoms with Crippen molar-refractivity contribution in [3.8, 4) is 0 Å². The number of hydrogen-bond acceptors (Lipinski definition) is 6. The summed E-state index contributed by atoms with van der Waals surface area (Å²) >= 11 is 1.61. The Balaban J connectivity index is 1.93. The number of aldehydes is 1. The Hall–Kier alpha value is -3.29. The molecule has 0 spiro atoms. The molecule has 1 aromatic carbocycles. The molecule has 0 radical (unpaired) electrons. The molecule has 0 unspecified atom stereocenters. The number of thioether (sulfide) groups is 1. The van der Waals surface area contributed by atoms with Gasteiger partial charge in [-0.1, -0.05) is 30.4 Å². The molecule has 6 nitrogen and oxygen atoms in total. The van der Waals surface area contributed by atoms with Crippen LogP contribution in [0.4, 0.5) is 5.69 Å². The summed E-state index contributed by atoms with van der Waals surface area (Å²) in [6.45, 7) is 5.53. The van der Waals surface area contributed by atoms with Crippen LogP contribution in [0.2, 0.25) is 0 Å². The number of nitrogens with one attached hydrogen (secondary N) is 1. The number of pyridine rings is 1. The summed E-state index contributed by atoms with van der Waals surface area (Å²) in [6, 6.07) is 6.30. The number of aromatic nitrogens is 1. The molecule has 1 aliphatic heterocycles. The van der Waals surface area contributed by atoms with E-state index in [9.17, 15) is 4.79 Å². The first-order valence-electron chi connectivity index (χ1n) is 12.5. The molecule has 1 saturated heterocycles. The van der Waals surface area contributed by atoms with E-state index in [1.165, 1.54) is 6.21 Å². The smallest absolute Gasteiger partial charge is 0.152 e. The summed E-state index contributed by atoms with van der Waals surface area (Å²) in [5, 5.41) is 11.7. The number of allylic oxidation sites excluding steroid dienone is 3. The zero-order chi connectivity index (χ0) is 26.6. The Morgan fingerprint density at radius 3 is 2.59 bits per heavy atom. The van der Waals surface area contributed by atoms with Gasteiger partial charge in [-0.05, 0) is 73.3 Å². The predicted molar refractivity (Wildman–Crippen MR) is 158 cm³/mol. The van der Waals surface area contributed by atoms with Crippen LogP contribution in [0.1, 0.15) is 53.9 Å². The van der Waals surface area contributed by atoms with Crippen molar-refractivity contribution in [3.63, 3.8) is 0 Å². The van der Waals surface area contributed by atoms with E-state index >= 15 is 0 Å². The lowest BCUT2D eigenvalue weighted by Gasteiger charge is -2.29. The Bertz CT molecular complexity index is 1290. The van der Waals surface area contributed by atoms with Crippen LogP contribution in [-0.2, 0) is 11.2 Å². The van der Waals surface area contributed by atoms with E-state index in [0.29, 0.717) is 23.7 Å². The maximum atomic E-state index is 12.1. The Labute approximate surface area is 224 Å². The molecule has 7 heteroatoms. The maximum Gasteiger partial charge on any atom is 0.152 e. The highest BCUT2D eigenvalue weighted by atomic mass is 32.2. The van der Waals surface area contributed by atoms with Gasteiger partial charge in [0.05, 0.1) is 17.7 Å². The lowest BCUT2D eigenvalue weighted by atomic mass is 9.97. The molecule has 2 heterocycles. The van der Waals surface area contributed by atoms with E-state index in [4.69, 9.17) is 15.1 Å². The van der Waals surface area contributed by atoms with Crippen LogP contribution in [0.15, 0.2) is 46.9 Å². The molecule has 2 aromatic rings. The summed E-state index contributed by atoms with van der Waals surface area (Å²) in [5.41, 5.74) is 4.85. The molecule has 0 amide bonds. The number of nitrogens with zero attached hydrogens (tertiary/aromatic N) is 3. The van der Waals surface area contributed by atoms with Crippen LogP contribution in [0.3, 0.4) is 0 Å². The highest BCUT2D eigenvalue weighted by Crippen LogP contribution is 2.17. The average molecular weight is 517 g/mol. The molecule has 1 N–H and O–H groups in total. The fraction of sp³-hybridized carbons (Fsp3) is 0.333. The standard InChI is InChI=1S/C30H36N4O2S/c1-5-27-24(16-22-9-10-29(32-19-22)23(18-31)8-7-15-37-4)17-25(20-35)30(28(27)6-2)33-21-34(3)26-11-13-36-14-12-26/h5-10,15,17-21,26,31H,11-14,16H2,1-4H3/b15-7+,23-8+,27-5-,28-6+,31-18?,33-21?. The zero-order valence-electron chi connectivity index (χ0n) is 22.1. The second-order valence-electron chi connectivity index (χ2n) is 8.81. The summed E-state index contributed by atoms with van der Waals surface area (Å²) < 4.78 is 5.47. The van der Waals surface area contributed by atoms with Crippen molar-refractivity contribution in [3.05, 3.63) is 74.8 Å². The SMILES string of the molecule is C/C=c1/c(Cc2ccc(/C(C=N)=C/C=C/SC)nc2)cc(C=O)c(N=CN(C)C2CCOCC2)/c1=C/C. The molecular weight excluding hydrogens is 480 g/mol. The first kappa shape index (κ1) is 28.3.